The topological polar surface area (TPSA) is 20.2 Å². The van der Waals surface area contributed by atoms with Crippen LogP contribution in [0.15, 0.2) is 48.5 Å². The first-order chi connectivity index (χ1) is 9.63. The molecule has 3 aromatic rings. The second-order valence-corrected chi connectivity index (χ2v) is 6.16. The molecular weight excluding hydrogens is 295 g/mol. The highest BCUT2D eigenvalue weighted by molar-refractivity contribution is 7.19. The van der Waals surface area contributed by atoms with Crippen molar-refractivity contribution in [3.63, 3.8) is 0 Å². The highest BCUT2D eigenvalue weighted by Crippen LogP contribution is 2.32. The van der Waals surface area contributed by atoms with Gasteiger partial charge in [-0.05, 0) is 35.2 Å². The molecule has 0 bridgehead atoms. The van der Waals surface area contributed by atoms with E-state index in [0.717, 1.165) is 20.5 Å². The standard InChI is InChI=1S/C16H12ClFOS/c17-13-9-12(18)6-5-10(13)7-14(19)16-8-11-3-1-2-4-15(11)20-16/h1-6,8-9,14,19H,7H2. The van der Waals surface area contributed by atoms with Crippen molar-refractivity contribution < 1.29 is 9.50 Å². The first-order valence-corrected chi connectivity index (χ1v) is 7.43. The van der Waals surface area contributed by atoms with Crippen molar-refractivity contribution in [1.29, 1.82) is 0 Å². The van der Waals surface area contributed by atoms with Crippen LogP contribution in [-0.2, 0) is 6.42 Å². The summed E-state index contributed by atoms with van der Waals surface area (Å²) in [7, 11) is 0. The summed E-state index contributed by atoms with van der Waals surface area (Å²) in [6.07, 6.45) is -0.248. The van der Waals surface area contributed by atoms with Crippen LogP contribution in [-0.4, -0.2) is 5.11 Å². The Morgan fingerprint density at radius 3 is 2.70 bits per heavy atom. The molecule has 4 heteroatoms. The molecule has 1 unspecified atom stereocenters. The summed E-state index contributed by atoms with van der Waals surface area (Å²) < 4.78 is 14.1. The van der Waals surface area contributed by atoms with Gasteiger partial charge in [-0.25, -0.2) is 4.39 Å². The van der Waals surface area contributed by atoms with Gasteiger partial charge in [-0.1, -0.05) is 35.9 Å². The molecule has 0 aliphatic rings. The molecule has 1 atom stereocenters. The number of rotatable bonds is 3. The molecule has 0 spiro atoms. The van der Waals surface area contributed by atoms with E-state index >= 15 is 0 Å². The van der Waals surface area contributed by atoms with Crippen molar-refractivity contribution >= 4 is 33.0 Å². The van der Waals surface area contributed by atoms with Gasteiger partial charge >= 0.3 is 0 Å². The van der Waals surface area contributed by atoms with Gasteiger partial charge in [-0.2, -0.15) is 0 Å². The van der Waals surface area contributed by atoms with E-state index < -0.39 is 6.10 Å². The smallest absolute Gasteiger partial charge is 0.124 e. The second-order valence-electron chi connectivity index (χ2n) is 4.64. The molecule has 1 nitrogen and oxygen atoms in total. The van der Waals surface area contributed by atoms with Crippen LogP contribution in [0.25, 0.3) is 10.1 Å². The quantitative estimate of drug-likeness (QED) is 0.724. The normalized spacial score (nSPS) is 12.8. The molecule has 0 saturated heterocycles. The Morgan fingerprint density at radius 1 is 1.15 bits per heavy atom. The third kappa shape index (κ3) is 2.70. The Hall–Kier alpha value is -1.42. The van der Waals surface area contributed by atoms with Crippen molar-refractivity contribution in [3.8, 4) is 0 Å². The summed E-state index contributed by atoms with van der Waals surface area (Å²) in [5.74, 6) is -0.366. The molecule has 1 aromatic heterocycles. The second kappa shape index (κ2) is 5.52. The number of benzene rings is 2. The van der Waals surface area contributed by atoms with Gasteiger partial charge in [0.25, 0.3) is 0 Å². The molecule has 0 saturated carbocycles. The van der Waals surface area contributed by atoms with Gasteiger partial charge in [0.05, 0.1) is 6.10 Å². The predicted molar refractivity (Wildman–Crippen MR) is 81.9 cm³/mol. The Morgan fingerprint density at radius 2 is 1.95 bits per heavy atom. The van der Waals surface area contributed by atoms with Gasteiger partial charge in [-0.15, -0.1) is 11.3 Å². The zero-order valence-electron chi connectivity index (χ0n) is 10.5. The van der Waals surface area contributed by atoms with Crippen LogP contribution in [0, 0.1) is 5.82 Å². The minimum atomic E-state index is -0.629. The molecule has 0 aliphatic carbocycles. The number of aliphatic hydroxyl groups is 1. The monoisotopic (exact) mass is 306 g/mol. The fraction of sp³-hybridized carbons (Fsp3) is 0.125. The van der Waals surface area contributed by atoms with E-state index in [1.807, 2.05) is 30.3 Å². The van der Waals surface area contributed by atoms with E-state index in [1.165, 1.54) is 12.1 Å². The summed E-state index contributed by atoms with van der Waals surface area (Å²) in [5.41, 5.74) is 0.748. The molecule has 1 N–H and O–H groups in total. The van der Waals surface area contributed by atoms with Crippen LogP contribution < -0.4 is 0 Å². The van der Waals surface area contributed by atoms with E-state index in [1.54, 1.807) is 17.4 Å². The largest absolute Gasteiger partial charge is 0.387 e. The lowest BCUT2D eigenvalue weighted by Gasteiger charge is -2.10. The Bertz CT molecular complexity index is 720. The van der Waals surface area contributed by atoms with Gasteiger partial charge in [0.1, 0.15) is 5.82 Å². The van der Waals surface area contributed by atoms with Crippen molar-refractivity contribution in [2.75, 3.05) is 0 Å². The van der Waals surface area contributed by atoms with Gasteiger partial charge in [0.15, 0.2) is 0 Å². The first kappa shape index (κ1) is 13.6. The molecule has 0 amide bonds. The molecule has 0 radical (unpaired) electrons. The highest BCUT2D eigenvalue weighted by Gasteiger charge is 2.14. The van der Waals surface area contributed by atoms with Crippen molar-refractivity contribution in [2.45, 2.75) is 12.5 Å². The van der Waals surface area contributed by atoms with Gasteiger partial charge in [-0.3, -0.25) is 0 Å². The molecule has 2 aromatic carbocycles. The average Bonchev–Trinajstić information content (AvgIpc) is 2.86. The predicted octanol–water partition coefficient (Wildman–Crippen LogP) is 4.97. The van der Waals surface area contributed by atoms with Gasteiger partial charge in [0, 0.05) is 21.0 Å². The van der Waals surface area contributed by atoms with E-state index in [-0.39, 0.29) is 5.82 Å². The van der Waals surface area contributed by atoms with Crippen molar-refractivity contribution in [3.05, 3.63) is 69.8 Å². The maximum absolute atomic E-state index is 13.0. The van der Waals surface area contributed by atoms with Crippen molar-refractivity contribution in [1.82, 2.24) is 0 Å². The summed E-state index contributed by atoms with van der Waals surface area (Å²) in [6, 6.07) is 14.2. The summed E-state index contributed by atoms with van der Waals surface area (Å²) >= 11 is 7.56. The first-order valence-electron chi connectivity index (χ1n) is 6.24. The molecular formula is C16H12ClFOS. The minimum Gasteiger partial charge on any atom is -0.387 e. The Balaban J connectivity index is 1.86. The molecule has 3 rings (SSSR count). The highest BCUT2D eigenvalue weighted by atomic mass is 35.5. The Labute approximate surface area is 125 Å². The summed E-state index contributed by atoms with van der Waals surface area (Å²) in [6.45, 7) is 0. The number of halogens is 2. The summed E-state index contributed by atoms with van der Waals surface area (Å²) in [5, 5.41) is 11.8. The van der Waals surface area contributed by atoms with E-state index in [2.05, 4.69) is 0 Å². The molecule has 20 heavy (non-hydrogen) atoms. The zero-order valence-corrected chi connectivity index (χ0v) is 12.1. The Kier molecular flexibility index (Phi) is 3.74. The lowest BCUT2D eigenvalue weighted by Crippen LogP contribution is -2.00. The van der Waals surface area contributed by atoms with E-state index in [4.69, 9.17) is 11.6 Å². The van der Waals surface area contributed by atoms with Crippen molar-refractivity contribution in [2.24, 2.45) is 0 Å². The van der Waals surface area contributed by atoms with Gasteiger partial charge in [0.2, 0.25) is 0 Å². The number of hydrogen-bond donors (Lipinski definition) is 1. The van der Waals surface area contributed by atoms with E-state index in [0.29, 0.717) is 11.4 Å². The fourth-order valence-electron chi connectivity index (χ4n) is 2.16. The third-order valence-electron chi connectivity index (χ3n) is 3.20. The van der Waals surface area contributed by atoms with Crippen LogP contribution in [0.4, 0.5) is 4.39 Å². The molecule has 1 heterocycles. The van der Waals surface area contributed by atoms with Crippen LogP contribution in [0.1, 0.15) is 16.5 Å². The average molecular weight is 307 g/mol. The fourth-order valence-corrected chi connectivity index (χ4v) is 3.46. The molecule has 102 valence electrons. The third-order valence-corrected chi connectivity index (χ3v) is 4.77. The number of aliphatic hydroxyl groups excluding tert-OH is 1. The zero-order chi connectivity index (χ0) is 14.1. The lowest BCUT2D eigenvalue weighted by molar-refractivity contribution is 0.182. The maximum atomic E-state index is 13.0. The number of hydrogen-bond acceptors (Lipinski definition) is 2. The van der Waals surface area contributed by atoms with Crippen LogP contribution in [0.2, 0.25) is 5.02 Å². The van der Waals surface area contributed by atoms with Gasteiger partial charge < -0.3 is 5.11 Å². The SMILES string of the molecule is OC(Cc1ccc(F)cc1Cl)c1cc2ccccc2s1. The number of thiophene rings is 1. The summed E-state index contributed by atoms with van der Waals surface area (Å²) in [4.78, 5) is 0.895. The maximum Gasteiger partial charge on any atom is 0.124 e. The minimum absolute atomic E-state index is 0.352. The lowest BCUT2D eigenvalue weighted by atomic mass is 10.1. The van der Waals surface area contributed by atoms with E-state index in [9.17, 15) is 9.50 Å². The number of fused-ring (bicyclic) bond motifs is 1. The van der Waals surface area contributed by atoms with Crippen LogP contribution in [0.3, 0.4) is 0 Å². The molecule has 0 fully saturated rings. The van der Waals surface area contributed by atoms with Crippen LogP contribution in [0.5, 0.6) is 0 Å². The van der Waals surface area contributed by atoms with Crippen LogP contribution >= 0.6 is 22.9 Å². The molecule has 0 aliphatic heterocycles.